The molecule has 0 aliphatic carbocycles. The Morgan fingerprint density at radius 1 is 1.05 bits per heavy atom. The lowest BCUT2D eigenvalue weighted by atomic mass is 10.1. The Balaban J connectivity index is 1.39. The Morgan fingerprint density at radius 2 is 1.77 bits per heavy atom. The van der Waals surface area contributed by atoms with E-state index in [1.807, 2.05) is 26.0 Å². The number of hydrogen-bond acceptors (Lipinski definition) is 7. The first-order valence-corrected chi connectivity index (χ1v) is 14.2. The normalized spacial score (nSPS) is 16.6. The van der Waals surface area contributed by atoms with Gasteiger partial charge in [-0.2, -0.15) is 0 Å². The summed E-state index contributed by atoms with van der Waals surface area (Å²) in [7, 11) is 1.47. The lowest BCUT2D eigenvalue weighted by molar-refractivity contribution is -0.136. The fourth-order valence-electron chi connectivity index (χ4n) is 4.27. The zero-order valence-electron chi connectivity index (χ0n) is 22.0. The largest absolute Gasteiger partial charge is 0.493 e. The Kier molecular flexibility index (Phi) is 9.34. The van der Waals surface area contributed by atoms with Crippen molar-refractivity contribution in [3.63, 3.8) is 0 Å². The van der Waals surface area contributed by atoms with Crippen LogP contribution in [0.2, 0.25) is 0 Å². The molecule has 0 bridgehead atoms. The highest BCUT2D eigenvalue weighted by atomic mass is 79.9. The van der Waals surface area contributed by atoms with E-state index in [9.17, 15) is 19.2 Å². The number of anilines is 1. The maximum absolute atomic E-state index is 12.9. The number of aryl methyl sites for hydroxylation is 2. The molecule has 2 saturated heterocycles. The van der Waals surface area contributed by atoms with Crippen molar-refractivity contribution in [2.24, 2.45) is 0 Å². The van der Waals surface area contributed by atoms with Crippen molar-refractivity contribution in [3.05, 3.63) is 56.4 Å². The number of methoxy groups -OCH3 is 1. The van der Waals surface area contributed by atoms with Crippen molar-refractivity contribution in [1.29, 1.82) is 0 Å². The lowest BCUT2D eigenvalue weighted by Gasteiger charge is -2.27. The summed E-state index contributed by atoms with van der Waals surface area (Å²) in [5.74, 6) is -0.329. The smallest absolute Gasteiger partial charge is 0.294 e. The van der Waals surface area contributed by atoms with Crippen LogP contribution in [0.1, 0.15) is 36.0 Å². The van der Waals surface area contributed by atoms with Crippen molar-refractivity contribution < 1.29 is 28.7 Å². The number of likely N-dealkylation sites (tertiary alicyclic amines) is 1. The zero-order valence-corrected chi connectivity index (χ0v) is 24.4. The number of ether oxygens (including phenoxy) is 2. The first kappa shape index (κ1) is 28.7. The molecule has 0 unspecified atom stereocenters. The predicted molar refractivity (Wildman–Crippen MR) is 154 cm³/mol. The van der Waals surface area contributed by atoms with Gasteiger partial charge in [-0.05, 0) is 108 Å². The summed E-state index contributed by atoms with van der Waals surface area (Å²) in [6.45, 7) is 4.79. The number of rotatable bonds is 8. The summed E-state index contributed by atoms with van der Waals surface area (Å²) in [4.78, 5) is 53.4. The molecule has 2 aliphatic rings. The zero-order chi connectivity index (χ0) is 28.1. The van der Waals surface area contributed by atoms with Gasteiger partial charge in [-0.15, -0.1) is 0 Å². The molecule has 0 spiro atoms. The first-order valence-electron chi connectivity index (χ1n) is 12.6. The fraction of sp³-hybridized carbons (Fsp3) is 0.357. The second-order valence-corrected chi connectivity index (χ2v) is 11.2. The number of hydrogen-bond donors (Lipinski definition) is 1. The van der Waals surface area contributed by atoms with Gasteiger partial charge < -0.3 is 19.7 Å². The molecule has 0 radical (unpaired) electrons. The van der Waals surface area contributed by atoms with Crippen LogP contribution in [-0.4, -0.2) is 66.1 Å². The van der Waals surface area contributed by atoms with Crippen LogP contribution >= 0.6 is 27.7 Å². The highest BCUT2D eigenvalue weighted by molar-refractivity contribution is 9.10. The highest BCUT2D eigenvalue weighted by Crippen LogP contribution is 2.35. The summed E-state index contributed by atoms with van der Waals surface area (Å²) in [6.07, 6.45) is 4.53. The Morgan fingerprint density at radius 3 is 2.49 bits per heavy atom. The van der Waals surface area contributed by atoms with Gasteiger partial charge in [0.15, 0.2) is 18.1 Å². The Bertz CT molecular complexity index is 1340. The van der Waals surface area contributed by atoms with Crippen molar-refractivity contribution in [1.82, 2.24) is 9.80 Å². The van der Waals surface area contributed by atoms with Gasteiger partial charge in [-0.3, -0.25) is 24.1 Å². The molecule has 2 fully saturated rings. The highest BCUT2D eigenvalue weighted by Gasteiger charge is 2.37. The average molecular weight is 617 g/mol. The molecular formula is C28H30BrN3O6S. The molecule has 1 N–H and O–H groups in total. The molecule has 4 rings (SSSR count). The number of imide groups is 1. The van der Waals surface area contributed by atoms with E-state index in [0.29, 0.717) is 35.8 Å². The first-order chi connectivity index (χ1) is 18.7. The molecule has 4 amide bonds. The van der Waals surface area contributed by atoms with Crippen LogP contribution < -0.4 is 14.8 Å². The topological polar surface area (TPSA) is 105 Å². The summed E-state index contributed by atoms with van der Waals surface area (Å²) in [6, 6.07) is 8.81. The van der Waals surface area contributed by atoms with Crippen LogP contribution in [0.4, 0.5) is 10.5 Å². The van der Waals surface area contributed by atoms with Gasteiger partial charge in [0.2, 0.25) is 5.91 Å². The van der Waals surface area contributed by atoms with Gasteiger partial charge in [0.25, 0.3) is 17.1 Å². The molecular weight excluding hydrogens is 586 g/mol. The van der Waals surface area contributed by atoms with Gasteiger partial charge in [-0.1, -0.05) is 6.07 Å². The summed E-state index contributed by atoms with van der Waals surface area (Å²) < 4.78 is 11.9. The van der Waals surface area contributed by atoms with Crippen LogP contribution in [-0.2, 0) is 14.4 Å². The van der Waals surface area contributed by atoms with Crippen molar-refractivity contribution >= 4 is 62.4 Å². The summed E-state index contributed by atoms with van der Waals surface area (Å²) in [5.41, 5.74) is 3.42. The quantitative estimate of drug-likeness (QED) is 0.410. The van der Waals surface area contributed by atoms with Crippen molar-refractivity contribution in [3.8, 4) is 11.5 Å². The predicted octanol–water partition coefficient (Wildman–Crippen LogP) is 5.14. The number of nitrogens with zero attached hydrogens (tertiary/aromatic N) is 2. The van der Waals surface area contributed by atoms with E-state index in [0.717, 1.165) is 51.5 Å². The van der Waals surface area contributed by atoms with E-state index in [-0.39, 0.29) is 29.9 Å². The number of carbonyl (C=O) groups is 4. The molecule has 0 aromatic heterocycles. The summed E-state index contributed by atoms with van der Waals surface area (Å²) >= 11 is 4.26. The second kappa shape index (κ2) is 12.7. The Labute approximate surface area is 240 Å². The SMILES string of the molecule is COc1cc(/C=C2/SC(=O)N(CC(=O)N3CCCCC3)C2=O)ccc1OCC(=O)Nc1cc(C)c(C)cc1Br. The standard InChI is InChI=1S/C28H30BrN3O6S/c1-17-11-20(29)21(12-18(17)2)30-25(33)16-38-22-8-7-19(13-23(22)37-3)14-24-27(35)32(28(36)39-24)15-26(34)31-9-5-4-6-10-31/h7-8,11-14H,4-6,9-10,15-16H2,1-3H3,(H,30,33)/b24-14+. The number of halogens is 1. The number of piperidine rings is 1. The van der Waals surface area contributed by atoms with Gasteiger partial charge in [0, 0.05) is 17.6 Å². The van der Waals surface area contributed by atoms with Gasteiger partial charge in [-0.25, -0.2) is 0 Å². The fourth-order valence-corrected chi connectivity index (χ4v) is 5.66. The van der Waals surface area contributed by atoms with E-state index >= 15 is 0 Å². The third-order valence-electron chi connectivity index (χ3n) is 6.58. The minimum Gasteiger partial charge on any atom is -0.493 e. The molecule has 0 atom stereocenters. The number of amides is 4. The summed E-state index contributed by atoms with van der Waals surface area (Å²) in [5, 5.41) is 2.36. The van der Waals surface area contributed by atoms with E-state index < -0.39 is 11.1 Å². The molecule has 2 heterocycles. The second-order valence-electron chi connectivity index (χ2n) is 9.37. The molecule has 206 valence electrons. The van der Waals surface area contributed by atoms with Crippen LogP contribution in [0.25, 0.3) is 6.08 Å². The monoisotopic (exact) mass is 615 g/mol. The van der Waals surface area contributed by atoms with Crippen LogP contribution in [0.5, 0.6) is 11.5 Å². The maximum atomic E-state index is 12.9. The molecule has 11 heteroatoms. The molecule has 0 saturated carbocycles. The lowest BCUT2D eigenvalue weighted by Crippen LogP contribution is -2.44. The number of carbonyl (C=O) groups excluding carboxylic acids is 4. The van der Waals surface area contributed by atoms with Crippen LogP contribution in [0.3, 0.4) is 0 Å². The van der Waals surface area contributed by atoms with E-state index in [4.69, 9.17) is 9.47 Å². The van der Waals surface area contributed by atoms with Gasteiger partial charge >= 0.3 is 0 Å². The average Bonchev–Trinajstić information content (AvgIpc) is 3.18. The van der Waals surface area contributed by atoms with Crippen LogP contribution in [0.15, 0.2) is 39.7 Å². The van der Waals surface area contributed by atoms with E-state index in [1.54, 1.807) is 29.2 Å². The van der Waals surface area contributed by atoms with Crippen LogP contribution in [0, 0.1) is 13.8 Å². The van der Waals surface area contributed by atoms with E-state index in [2.05, 4.69) is 21.2 Å². The molecule has 9 nitrogen and oxygen atoms in total. The number of thioether (sulfide) groups is 1. The minimum atomic E-state index is -0.496. The third-order valence-corrected chi connectivity index (χ3v) is 8.14. The van der Waals surface area contributed by atoms with Crippen molar-refractivity contribution in [2.45, 2.75) is 33.1 Å². The molecule has 39 heavy (non-hydrogen) atoms. The van der Waals surface area contributed by atoms with Gasteiger partial charge in [0.05, 0.1) is 17.7 Å². The van der Waals surface area contributed by atoms with Crippen molar-refractivity contribution in [2.75, 3.05) is 38.7 Å². The number of nitrogens with one attached hydrogen (secondary N) is 1. The Hall–Kier alpha value is -3.31. The molecule has 2 aromatic rings. The molecule has 2 aliphatic heterocycles. The minimum absolute atomic E-state index is 0.213. The van der Waals surface area contributed by atoms with Gasteiger partial charge in [0.1, 0.15) is 6.54 Å². The number of benzene rings is 2. The third kappa shape index (κ3) is 7.02. The molecule has 2 aromatic carbocycles. The maximum Gasteiger partial charge on any atom is 0.294 e. The van der Waals surface area contributed by atoms with E-state index in [1.165, 1.54) is 7.11 Å².